The quantitative estimate of drug-likeness (QED) is 0.372. The molecule has 1 aromatic heterocycles. The molecule has 0 radical (unpaired) electrons. The fourth-order valence-corrected chi connectivity index (χ4v) is 5.37. The van der Waals surface area contributed by atoms with Crippen LogP contribution in [0.15, 0.2) is 90.1 Å². The zero-order valence-electron chi connectivity index (χ0n) is 20.4. The molecule has 186 valence electrons. The molecule has 4 aromatic rings. The van der Waals surface area contributed by atoms with Crippen LogP contribution in [0, 0.1) is 13.8 Å². The Morgan fingerprint density at radius 1 is 1.03 bits per heavy atom. The topological polar surface area (TPSA) is 93.5 Å². The van der Waals surface area contributed by atoms with Crippen LogP contribution in [0.4, 0.5) is 5.69 Å². The van der Waals surface area contributed by atoms with Crippen molar-refractivity contribution < 1.29 is 17.9 Å². The zero-order chi connectivity index (χ0) is 25.7. The van der Waals surface area contributed by atoms with E-state index in [1.165, 1.54) is 19.2 Å². The maximum absolute atomic E-state index is 13.6. The maximum Gasteiger partial charge on any atom is 0.264 e. The van der Waals surface area contributed by atoms with Crippen LogP contribution in [-0.4, -0.2) is 37.5 Å². The van der Waals surface area contributed by atoms with Crippen LogP contribution < -0.4 is 14.4 Å². The average Bonchev–Trinajstić information content (AvgIpc) is 3.32. The summed E-state index contributed by atoms with van der Waals surface area (Å²) < 4.78 is 35.8. The summed E-state index contributed by atoms with van der Waals surface area (Å²) in [6.45, 7) is 3.56. The van der Waals surface area contributed by atoms with Crippen LogP contribution in [0.25, 0.3) is 5.69 Å². The molecule has 0 spiro atoms. The molecule has 0 saturated heterocycles. The number of amides is 1. The van der Waals surface area contributed by atoms with Crippen molar-refractivity contribution in [3.63, 3.8) is 0 Å². The van der Waals surface area contributed by atoms with Gasteiger partial charge in [0, 0.05) is 18.9 Å². The number of hydrogen-bond acceptors (Lipinski definition) is 5. The molecule has 0 aliphatic rings. The van der Waals surface area contributed by atoms with E-state index in [1.54, 1.807) is 36.5 Å². The number of para-hydroxylation sites is 1. The van der Waals surface area contributed by atoms with Crippen LogP contribution in [0.2, 0.25) is 0 Å². The van der Waals surface area contributed by atoms with Gasteiger partial charge in [-0.2, -0.15) is 0 Å². The highest BCUT2D eigenvalue weighted by atomic mass is 32.2. The third kappa shape index (κ3) is 5.26. The van der Waals surface area contributed by atoms with Crippen molar-refractivity contribution in [1.82, 2.24) is 14.9 Å². The predicted molar refractivity (Wildman–Crippen MR) is 139 cm³/mol. The number of anilines is 1. The van der Waals surface area contributed by atoms with Gasteiger partial charge in [-0.15, -0.1) is 0 Å². The first-order valence-electron chi connectivity index (χ1n) is 11.4. The van der Waals surface area contributed by atoms with Gasteiger partial charge < -0.3 is 14.6 Å². The van der Waals surface area contributed by atoms with E-state index in [0.29, 0.717) is 11.4 Å². The largest absolute Gasteiger partial charge is 0.495 e. The Kier molecular flexibility index (Phi) is 7.40. The number of carbonyl (C=O) groups excluding carboxylic acids is 1. The van der Waals surface area contributed by atoms with Crippen LogP contribution in [-0.2, 0) is 21.4 Å². The number of nitrogens with one attached hydrogen (secondary N) is 1. The van der Waals surface area contributed by atoms with E-state index in [-0.39, 0.29) is 11.4 Å². The third-order valence-electron chi connectivity index (χ3n) is 5.77. The third-order valence-corrected chi connectivity index (χ3v) is 7.55. The smallest absolute Gasteiger partial charge is 0.264 e. The van der Waals surface area contributed by atoms with Crippen molar-refractivity contribution in [2.45, 2.75) is 25.3 Å². The number of nitrogens with zero attached hydrogens (tertiary/aromatic N) is 3. The fraction of sp³-hybridized carbons (Fsp3) is 0.185. The Hall–Kier alpha value is -4.11. The van der Waals surface area contributed by atoms with Crippen molar-refractivity contribution in [3.8, 4) is 11.4 Å². The number of benzene rings is 3. The first-order chi connectivity index (χ1) is 17.3. The molecule has 0 aliphatic heterocycles. The molecule has 0 bridgehead atoms. The van der Waals surface area contributed by atoms with E-state index in [9.17, 15) is 13.2 Å². The van der Waals surface area contributed by atoms with E-state index in [2.05, 4.69) is 10.3 Å². The molecule has 1 heterocycles. The molecule has 1 amide bonds. The van der Waals surface area contributed by atoms with Gasteiger partial charge in [0.1, 0.15) is 18.1 Å². The molecule has 0 fully saturated rings. The molecule has 8 nitrogen and oxygen atoms in total. The van der Waals surface area contributed by atoms with Crippen molar-refractivity contribution in [2.24, 2.45) is 0 Å². The summed E-state index contributed by atoms with van der Waals surface area (Å²) in [5, 5.41) is 2.88. The van der Waals surface area contributed by atoms with E-state index in [0.717, 1.165) is 26.9 Å². The normalized spacial score (nSPS) is 11.2. The highest BCUT2D eigenvalue weighted by Gasteiger charge is 2.29. The van der Waals surface area contributed by atoms with E-state index >= 15 is 0 Å². The van der Waals surface area contributed by atoms with Gasteiger partial charge in [0.25, 0.3) is 10.0 Å². The molecule has 1 N–H and O–H groups in total. The van der Waals surface area contributed by atoms with Gasteiger partial charge in [-0.25, -0.2) is 13.4 Å². The molecule has 0 unspecified atom stereocenters. The Morgan fingerprint density at radius 2 is 1.75 bits per heavy atom. The number of methoxy groups -OCH3 is 1. The second-order valence-corrected chi connectivity index (χ2v) is 10.1. The summed E-state index contributed by atoms with van der Waals surface area (Å²) in [6.07, 6.45) is 3.57. The second kappa shape index (κ2) is 10.7. The van der Waals surface area contributed by atoms with Gasteiger partial charge in [0.15, 0.2) is 0 Å². The van der Waals surface area contributed by atoms with Gasteiger partial charge in [0.05, 0.1) is 23.4 Å². The second-order valence-electron chi connectivity index (χ2n) is 8.25. The van der Waals surface area contributed by atoms with Crippen LogP contribution in [0.5, 0.6) is 5.75 Å². The standard InChI is InChI=1S/C27H28N4O4S/c1-20-13-14-26(35-3)25(17-20)31(36(33,34)23-10-5-4-6-11-23)19-27(32)29-18-22-9-7-8-12-24(22)30-16-15-28-21(30)2/h4-17H,18-19H2,1-3H3,(H,29,32). The molecule has 3 aromatic carbocycles. The van der Waals surface area contributed by atoms with Gasteiger partial charge in [-0.1, -0.05) is 42.5 Å². The lowest BCUT2D eigenvalue weighted by molar-refractivity contribution is -0.119. The van der Waals surface area contributed by atoms with E-state index < -0.39 is 22.5 Å². The highest BCUT2D eigenvalue weighted by Crippen LogP contribution is 2.33. The summed E-state index contributed by atoms with van der Waals surface area (Å²) in [5.74, 6) is 0.726. The van der Waals surface area contributed by atoms with Crippen molar-refractivity contribution in [2.75, 3.05) is 18.0 Å². The summed E-state index contributed by atoms with van der Waals surface area (Å²) in [6, 6.07) is 20.9. The van der Waals surface area contributed by atoms with Gasteiger partial charge in [0.2, 0.25) is 5.91 Å². The number of aryl methyl sites for hydroxylation is 2. The van der Waals surface area contributed by atoms with Crippen molar-refractivity contribution >= 4 is 21.6 Å². The van der Waals surface area contributed by atoms with Gasteiger partial charge in [-0.3, -0.25) is 9.10 Å². The van der Waals surface area contributed by atoms with Gasteiger partial charge >= 0.3 is 0 Å². The lowest BCUT2D eigenvalue weighted by Gasteiger charge is -2.26. The van der Waals surface area contributed by atoms with Crippen molar-refractivity contribution in [1.29, 1.82) is 0 Å². The summed E-state index contributed by atoms with van der Waals surface area (Å²) in [5.41, 5.74) is 2.90. The number of rotatable bonds is 9. The number of aromatic nitrogens is 2. The number of sulfonamides is 1. The summed E-state index contributed by atoms with van der Waals surface area (Å²) >= 11 is 0. The van der Waals surface area contributed by atoms with Crippen molar-refractivity contribution in [3.05, 3.63) is 102 Å². The molecule has 0 saturated carbocycles. The highest BCUT2D eigenvalue weighted by molar-refractivity contribution is 7.92. The average molecular weight is 505 g/mol. The Bertz CT molecular complexity index is 1470. The molecular formula is C27H28N4O4S. The first kappa shape index (κ1) is 25.0. The summed E-state index contributed by atoms with van der Waals surface area (Å²) in [7, 11) is -2.58. The molecule has 0 atom stereocenters. The lowest BCUT2D eigenvalue weighted by atomic mass is 10.1. The zero-order valence-corrected chi connectivity index (χ0v) is 21.2. The predicted octanol–water partition coefficient (Wildman–Crippen LogP) is 4.01. The van der Waals surface area contributed by atoms with Crippen LogP contribution >= 0.6 is 0 Å². The molecular weight excluding hydrogens is 476 g/mol. The monoisotopic (exact) mass is 504 g/mol. The fourth-order valence-electron chi connectivity index (χ4n) is 3.92. The minimum absolute atomic E-state index is 0.0855. The number of imidazole rings is 1. The SMILES string of the molecule is COc1ccc(C)cc1N(CC(=O)NCc1ccccc1-n1ccnc1C)S(=O)(=O)c1ccccc1. The maximum atomic E-state index is 13.6. The Balaban J connectivity index is 1.63. The lowest BCUT2D eigenvalue weighted by Crippen LogP contribution is -2.41. The molecule has 36 heavy (non-hydrogen) atoms. The summed E-state index contributed by atoms with van der Waals surface area (Å²) in [4.78, 5) is 17.5. The molecule has 9 heteroatoms. The van der Waals surface area contributed by atoms with Gasteiger partial charge in [-0.05, 0) is 55.3 Å². The van der Waals surface area contributed by atoms with E-state index in [1.807, 2.05) is 54.9 Å². The minimum Gasteiger partial charge on any atom is -0.495 e. The van der Waals surface area contributed by atoms with Crippen LogP contribution in [0.1, 0.15) is 17.0 Å². The number of hydrogen-bond donors (Lipinski definition) is 1. The first-order valence-corrected chi connectivity index (χ1v) is 12.8. The Morgan fingerprint density at radius 3 is 2.44 bits per heavy atom. The van der Waals surface area contributed by atoms with Crippen LogP contribution in [0.3, 0.4) is 0 Å². The number of carbonyl (C=O) groups is 1. The van der Waals surface area contributed by atoms with E-state index in [4.69, 9.17) is 4.74 Å². The molecule has 0 aliphatic carbocycles. The number of ether oxygens (including phenoxy) is 1. The Labute approximate surface area is 211 Å². The molecule has 4 rings (SSSR count). The minimum atomic E-state index is -4.05.